The van der Waals surface area contributed by atoms with E-state index < -0.39 is 10.8 Å². The second-order valence-corrected chi connectivity index (χ2v) is 7.46. The van der Waals surface area contributed by atoms with Gasteiger partial charge >= 0.3 is 0 Å². The van der Waals surface area contributed by atoms with Gasteiger partial charge in [0.05, 0.1) is 5.02 Å². The number of nitrogens with one attached hydrogen (secondary N) is 1. The van der Waals surface area contributed by atoms with Crippen molar-refractivity contribution in [1.29, 1.82) is 0 Å². The zero-order valence-corrected chi connectivity index (χ0v) is 15.1. The quantitative estimate of drug-likeness (QED) is 0.838. The number of benzene rings is 2. The van der Waals surface area contributed by atoms with Gasteiger partial charge in [0.25, 0.3) is 0 Å². The summed E-state index contributed by atoms with van der Waals surface area (Å²) in [5.74, 6) is 1.00. The van der Waals surface area contributed by atoms with Crippen LogP contribution in [0.2, 0.25) is 5.02 Å². The molecule has 2 aromatic rings. The van der Waals surface area contributed by atoms with Crippen molar-refractivity contribution >= 4 is 28.3 Å². The third kappa shape index (κ3) is 4.96. The lowest BCUT2D eigenvalue weighted by molar-refractivity contribution is -0.118. The van der Waals surface area contributed by atoms with Gasteiger partial charge in [-0.15, -0.1) is 0 Å². The third-order valence-electron chi connectivity index (χ3n) is 3.61. The summed E-state index contributed by atoms with van der Waals surface area (Å²) in [7, 11) is -1.34. The largest absolute Gasteiger partial charge is 0.486 e. The second kappa shape index (κ2) is 8.36. The van der Waals surface area contributed by atoms with Gasteiger partial charge in [-0.25, -0.2) is 0 Å². The van der Waals surface area contributed by atoms with E-state index in [0.717, 1.165) is 11.1 Å². The first kappa shape index (κ1) is 17.8. The second-order valence-electron chi connectivity index (χ2n) is 5.59. The van der Waals surface area contributed by atoms with E-state index in [1.54, 1.807) is 12.1 Å². The Balaban J connectivity index is 1.54. The molecule has 0 radical (unpaired) electrons. The van der Waals surface area contributed by atoms with Gasteiger partial charge in [-0.05, 0) is 23.3 Å². The van der Waals surface area contributed by atoms with E-state index in [9.17, 15) is 9.00 Å². The van der Waals surface area contributed by atoms with E-state index in [0.29, 0.717) is 36.3 Å². The van der Waals surface area contributed by atoms with Crippen LogP contribution < -0.4 is 14.8 Å². The molecule has 7 heteroatoms. The molecule has 2 aromatic carbocycles. The molecule has 25 heavy (non-hydrogen) atoms. The summed E-state index contributed by atoms with van der Waals surface area (Å²) >= 11 is 6.17. The summed E-state index contributed by atoms with van der Waals surface area (Å²) in [6, 6.07) is 13.0. The normalized spacial score (nSPS) is 14.0. The van der Waals surface area contributed by atoms with Crippen LogP contribution in [0.3, 0.4) is 0 Å². The van der Waals surface area contributed by atoms with Gasteiger partial charge < -0.3 is 14.8 Å². The van der Waals surface area contributed by atoms with Gasteiger partial charge in [-0.3, -0.25) is 9.00 Å². The highest BCUT2D eigenvalue weighted by atomic mass is 35.5. The standard InChI is InChI=1S/C18H18ClNO4S/c19-15-8-14(9-16-18(15)24-7-6-23-16)11-25(22)12-17(21)20-10-13-4-2-1-3-5-13/h1-5,8-9H,6-7,10-12H2,(H,20,21). The van der Waals surface area contributed by atoms with Crippen LogP contribution in [0.1, 0.15) is 11.1 Å². The molecule has 0 saturated carbocycles. The Labute approximate surface area is 153 Å². The zero-order chi connectivity index (χ0) is 17.6. The molecule has 1 atom stereocenters. The first-order valence-corrected chi connectivity index (χ1v) is 9.72. The van der Waals surface area contributed by atoms with Crippen molar-refractivity contribution in [3.8, 4) is 11.5 Å². The summed E-state index contributed by atoms with van der Waals surface area (Å²) in [4.78, 5) is 11.9. The van der Waals surface area contributed by atoms with Crippen molar-refractivity contribution in [3.05, 3.63) is 58.6 Å². The predicted molar refractivity (Wildman–Crippen MR) is 97.4 cm³/mol. The van der Waals surface area contributed by atoms with E-state index in [4.69, 9.17) is 21.1 Å². The van der Waals surface area contributed by atoms with E-state index in [2.05, 4.69) is 5.32 Å². The van der Waals surface area contributed by atoms with Gasteiger partial charge in [-0.1, -0.05) is 41.9 Å². The Kier molecular flexibility index (Phi) is 5.94. The topological polar surface area (TPSA) is 64.6 Å². The summed E-state index contributed by atoms with van der Waals surface area (Å²) in [6.45, 7) is 1.34. The lowest BCUT2D eigenvalue weighted by atomic mass is 10.2. The number of rotatable bonds is 6. The smallest absolute Gasteiger partial charge is 0.232 e. The predicted octanol–water partition coefficient (Wildman–Crippen LogP) is 2.68. The highest BCUT2D eigenvalue weighted by molar-refractivity contribution is 7.84. The van der Waals surface area contributed by atoms with Crippen LogP contribution in [-0.4, -0.2) is 29.1 Å². The van der Waals surface area contributed by atoms with Crippen LogP contribution in [0.5, 0.6) is 11.5 Å². The van der Waals surface area contributed by atoms with Crippen LogP contribution in [0, 0.1) is 0 Å². The molecule has 0 aromatic heterocycles. The lowest BCUT2D eigenvalue weighted by Gasteiger charge is -2.20. The van der Waals surface area contributed by atoms with E-state index in [1.165, 1.54) is 0 Å². The van der Waals surface area contributed by atoms with Crippen LogP contribution in [0.4, 0.5) is 0 Å². The van der Waals surface area contributed by atoms with Crippen molar-refractivity contribution in [2.45, 2.75) is 12.3 Å². The van der Waals surface area contributed by atoms with Crippen LogP contribution in [-0.2, 0) is 27.9 Å². The molecule has 1 heterocycles. The number of carbonyl (C=O) groups excluding carboxylic acids is 1. The molecule has 0 aliphatic carbocycles. The highest BCUT2D eigenvalue weighted by Gasteiger charge is 2.18. The summed E-state index contributed by atoms with van der Waals surface area (Å²) < 4.78 is 23.2. The molecule has 1 aliphatic rings. The van der Waals surface area contributed by atoms with Crippen LogP contribution in [0.15, 0.2) is 42.5 Å². The molecule has 3 rings (SSSR count). The summed E-state index contributed by atoms with van der Waals surface area (Å²) in [5.41, 5.74) is 1.75. The van der Waals surface area contributed by atoms with Gasteiger partial charge in [0.1, 0.15) is 19.0 Å². The third-order valence-corrected chi connectivity index (χ3v) is 5.13. The highest BCUT2D eigenvalue weighted by Crippen LogP contribution is 2.38. The molecule has 0 bridgehead atoms. The van der Waals surface area contributed by atoms with Crippen molar-refractivity contribution in [3.63, 3.8) is 0 Å². The average Bonchev–Trinajstić information content (AvgIpc) is 2.61. The van der Waals surface area contributed by atoms with Gasteiger partial charge in [0, 0.05) is 23.1 Å². The molecule has 1 amide bonds. The molecular formula is C18H18ClNO4S. The number of amides is 1. The zero-order valence-electron chi connectivity index (χ0n) is 13.5. The maximum atomic E-state index is 12.2. The van der Waals surface area contributed by atoms with E-state index in [1.807, 2.05) is 30.3 Å². The Hall–Kier alpha value is -2.05. The minimum atomic E-state index is -1.34. The molecular weight excluding hydrogens is 362 g/mol. The van der Waals surface area contributed by atoms with E-state index in [-0.39, 0.29) is 17.4 Å². The number of hydrogen-bond donors (Lipinski definition) is 1. The molecule has 1 aliphatic heterocycles. The molecule has 5 nitrogen and oxygen atoms in total. The molecule has 1 unspecified atom stereocenters. The number of halogens is 1. The molecule has 132 valence electrons. The summed E-state index contributed by atoms with van der Waals surface area (Å²) in [6.07, 6.45) is 0. The molecule has 0 saturated heterocycles. The maximum absolute atomic E-state index is 12.2. The fourth-order valence-electron chi connectivity index (χ4n) is 2.48. The number of carbonyl (C=O) groups is 1. The van der Waals surface area contributed by atoms with Crippen molar-refractivity contribution in [2.75, 3.05) is 19.0 Å². The van der Waals surface area contributed by atoms with Gasteiger partial charge in [0.15, 0.2) is 11.5 Å². The Morgan fingerprint density at radius 1 is 1.12 bits per heavy atom. The first-order chi connectivity index (χ1) is 12.1. The minimum absolute atomic E-state index is 0.0567. The lowest BCUT2D eigenvalue weighted by Crippen LogP contribution is -2.28. The van der Waals surface area contributed by atoms with Gasteiger partial charge in [0.2, 0.25) is 5.91 Å². The fraction of sp³-hybridized carbons (Fsp3) is 0.278. The number of fused-ring (bicyclic) bond motifs is 1. The minimum Gasteiger partial charge on any atom is -0.486 e. The van der Waals surface area contributed by atoms with Crippen molar-refractivity contribution in [2.24, 2.45) is 0 Å². The van der Waals surface area contributed by atoms with E-state index >= 15 is 0 Å². The van der Waals surface area contributed by atoms with Crippen LogP contribution >= 0.6 is 11.6 Å². The SMILES string of the molecule is O=C(CS(=O)Cc1cc(Cl)c2c(c1)OCCO2)NCc1ccccc1. The average molecular weight is 380 g/mol. The number of hydrogen-bond acceptors (Lipinski definition) is 4. The van der Waals surface area contributed by atoms with Crippen molar-refractivity contribution in [1.82, 2.24) is 5.32 Å². The Morgan fingerprint density at radius 2 is 1.88 bits per heavy atom. The molecule has 0 spiro atoms. The Bertz CT molecular complexity index is 782. The van der Waals surface area contributed by atoms with Crippen LogP contribution in [0.25, 0.3) is 0 Å². The number of ether oxygens (including phenoxy) is 2. The Morgan fingerprint density at radius 3 is 2.68 bits per heavy atom. The van der Waals surface area contributed by atoms with Gasteiger partial charge in [-0.2, -0.15) is 0 Å². The molecule has 0 fully saturated rings. The molecule has 1 N–H and O–H groups in total. The maximum Gasteiger partial charge on any atom is 0.232 e. The monoisotopic (exact) mass is 379 g/mol. The first-order valence-electron chi connectivity index (χ1n) is 7.85. The summed E-state index contributed by atoms with van der Waals surface area (Å²) in [5, 5.41) is 3.20. The van der Waals surface area contributed by atoms with Crippen molar-refractivity contribution < 1.29 is 18.5 Å². The fourth-order valence-corrected chi connectivity index (χ4v) is 3.80.